The van der Waals surface area contributed by atoms with Crippen LogP contribution < -0.4 is 14.9 Å². The fourth-order valence-electron chi connectivity index (χ4n) is 4.38. The smallest absolute Gasteiger partial charge is 0.0873 e. The first-order valence-electron chi connectivity index (χ1n) is 11.9. The van der Waals surface area contributed by atoms with Crippen molar-refractivity contribution in [2.45, 2.75) is 6.92 Å². The predicted octanol–water partition coefficient (Wildman–Crippen LogP) is 8.65. The van der Waals surface area contributed by atoms with E-state index in [9.17, 15) is 0 Å². The van der Waals surface area contributed by atoms with Crippen molar-refractivity contribution in [1.29, 1.82) is 0 Å². The monoisotopic (exact) mass is 455 g/mol. The molecular formula is C32H29N3. The van der Waals surface area contributed by atoms with Gasteiger partial charge in [-0.1, -0.05) is 84.9 Å². The summed E-state index contributed by atoms with van der Waals surface area (Å²) < 4.78 is 0. The summed E-state index contributed by atoms with van der Waals surface area (Å²) in [7, 11) is 2.12. The van der Waals surface area contributed by atoms with Crippen LogP contribution in [-0.2, 0) is 0 Å². The fraction of sp³-hybridized carbons (Fsp3) is 0.0625. The third-order valence-corrected chi connectivity index (χ3v) is 6.16. The standard InChI is InChI=1S/C32H29N3/c1-26-16-12-13-23-30(26)34(28-19-8-4-9-20-28)35(29-21-10-5-11-22-29)32-25-15-14-24-31(32)33(2)27-17-6-3-7-18-27/h3-25H,1-2H3. The molecule has 0 atom stereocenters. The topological polar surface area (TPSA) is 9.72 Å². The number of hydrogen-bond donors (Lipinski definition) is 0. The average Bonchev–Trinajstić information content (AvgIpc) is 2.93. The van der Waals surface area contributed by atoms with Crippen LogP contribution in [0.2, 0.25) is 0 Å². The molecule has 0 radical (unpaired) electrons. The van der Waals surface area contributed by atoms with E-state index >= 15 is 0 Å². The molecule has 0 saturated heterocycles. The Kier molecular flexibility index (Phi) is 6.49. The largest absolute Gasteiger partial charge is 0.343 e. The number of benzene rings is 5. The van der Waals surface area contributed by atoms with Gasteiger partial charge < -0.3 is 4.90 Å². The van der Waals surface area contributed by atoms with Gasteiger partial charge in [-0.3, -0.25) is 0 Å². The molecule has 0 aliphatic rings. The van der Waals surface area contributed by atoms with Crippen molar-refractivity contribution in [2.75, 3.05) is 22.0 Å². The number of nitrogens with zero attached hydrogens (tertiary/aromatic N) is 3. The van der Waals surface area contributed by atoms with Crippen molar-refractivity contribution in [2.24, 2.45) is 0 Å². The first kappa shape index (κ1) is 22.3. The lowest BCUT2D eigenvalue weighted by Crippen LogP contribution is -2.37. The molecule has 0 aliphatic carbocycles. The molecule has 0 fully saturated rings. The lowest BCUT2D eigenvalue weighted by molar-refractivity contribution is 0.978. The van der Waals surface area contributed by atoms with Crippen LogP contribution in [0, 0.1) is 6.92 Å². The molecule has 0 aromatic heterocycles. The Morgan fingerprint density at radius 1 is 0.371 bits per heavy atom. The maximum absolute atomic E-state index is 2.31. The summed E-state index contributed by atoms with van der Waals surface area (Å²) in [6.45, 7) is 2.16. The van der Waals surface area contributed by atoms with Crippen LogP contribution in [-0.4, -0.2) is 7.05 Å². The van der Waals surface area contributed by atoms with Crippen molar-refractivity contribution in [1.82, 2.24) is 0 Å². The molecular weight excluding hydrogens is 426 g/mol. The number of hydrazine groups is 1. The van der Waals surface area contributed by atoms with E-state index in [1.54, 1.807) is 0 Å². The molecule has 5 aromatic carbocycles. The highest BCUT2D eigenvalue weighted by molar-refractivity contribution is 5.86. The minimum absolute atomic E-state index is 1.08. The van der Waals surface area contributed by atoms with Gasteiger partial charge >= 0.3 is 0 Å². The first-order chi connectivity index (χ1) is 17.2. The summed E-state index contributed by atoms with van der Waals surface area (Å²) in [5, 5.41) is 4.62. The van der Waals surface area contributed by atoms with E-state index in [-0.39, 0.29) is 0 Å². The quantitative estimate of drug-likeness (QED) is 0.227. The summed E-state index contributed by atoms with van der Waals surface area (Å²) in [5.74, 6) is 0. The van der Waals surface area contributed by atoms with Gasteiger partial charge in [-0.15, -0.1) is 0 Å². The Balaban J connectivity index is 1.76. The molecule has 0 heterocycles. The van der Waals surface area contributed by atoms with Crippen molar-refractivity contribution in [3.63, 3.8) is 0 Å². The highest BCUT2D eigenvalue weighted by atomic mass is 15.6. The van der Waals surface area contributed by atoms with E-state index in [4.69, 9.17) is 0 Å². The van der Waals surface area contributed by atoms with E-state index in [2.05, 4.69) is 168 Å². The second-order valence-electron chi connectivity index (χ2n) is 8.46. The van der Waals surface area contributed by atoms with Crippen LogP contribution in [0.25, 0.3) is 0 Å². The lowest BCUT2D eigenvalue weighted by Gasteiger charge is -2.41. The molecule has 0 spiro atoms. The molecule has 0 saturated carbocycles. The minimum Gasteiger partial charge on any atom is -0.343 e. The second kappa shape index (κ2) is 10.2. The summed E-state index contributed by atoms with van der Waals surface area (Å²) in [4.78, 5) is 2.24. The SMILES string of the molecule is Cc1ccccc1N(c1ccccc1)N(c1ccccc1)c1ccccc1N(C)c1ccccc1. The highest BCUT2D eigenvalue weighted by Crippen LogP contribution is 2.42. The summed E-state index contributed by atoms with van der Waals surface area (Å²) >= 11 is 0. The summed E-state index contributed by atoms with van der Waals surface area (Å²) in [6, 6.07) is 48.7. The molecule has 172 valence electrons. The fourth-order valence-corrected chi connectivity index (χ4v) is 4.38. The maximum Gasteiger partial charge on any atom is 0.0873 e. The van der Waals surface area contributed by atoms with Gasteiger partial charge in [0, 0.05) is 12.7 Å². The number of rotatable bonds is 7. The van der Waals surface area contributed by atoms with Crippen LogP contribution in [0.5, 0.6) is 0 Å². The van der Waals surface area contributed by atoms with Gasteiger partial charge in [0.05, 0.1) is 28.4 Å². The number of hydrogen-bond acceptors (Lipinski definition) is 3. The third-order valence-electron chi connectivity index (χ3n) is 6.16. The zero-order valence-corrected chi connectivity index (χ0v) is 20.1. The Morgan fingerprint density at radius 2 is 0.743 bits per heavy atom. The normalized spacial score (nSPS) is 10.6. The van der Waals surface area contributed by atoms with E-state index in [1.165, 1.54) is 5.56 Å². The van der Waals surface area contributed by atoms with Crippen molar-refractivity contribution in [3.05, 3.63) is 145 Å². The van der Waals surface area contributed by atoms with E-state index in [1.807, 2.05) is 0 Å². The average molecular weight is 456 g/mol. The van der Waals surface area contributed by atoms with Gasteiger partial charge in [-0.25, -0.2) is 10.0 Å². The lowest BCUT2D eigenvalue weighted by atomic mass is 10.1. The maximum atomic E-state index is 2.31. The van der Waals surface area contributed by atoms with Crippen molar-refractivity contribution in [3.8, 4) is 0 Å². The molecule has 35 heavy (non-hydrogen) atoms. The minimum atomic E-state index is 1.08. The van der Waals surface area contributed by atoms with Crippen molar-refractivity contribution >= 4 is 34.1 Å². The van der Waals surface area contributed by atoms with Crippen LogP contribution in [0.3, 0.4) is 0 Å². The molecule has 0 N–H and O–H groups in total. The molecule has 0 unspecified atom stereocenters. The zero-order valence-electron chi connectivity index (χ0n) is 20.1. The summed E-state index contributed by atoms with van der Waals surface area (Å²) in [6.07, 6.45) is 0. The molecule has 0 bridgehead atoms. The molecule has 3 heteroatoms. The zero-order chi connectivity index (χ0) is 24.0. The van der Waals surface area contributed by atoms with Gasteiger partial charge in [-0.05, 0) is 67.1 Å². The van der Waals surface area contributed by atoms with Crippen LogP contribution in [0.1, 0.15) is 5.56 Å². The van der Waals surface area contributed by atoms with Crippen LogP contribution >= 0.6 is 0 Å². The number of para-hydroxylation sites is 6. The van der Waals surface area contributed by atoms with Gasteiger partial charge in [0.1, 0.15) is 0 Å². The Labute approximate surface area is 208 Å². The highest BCUT2D eigenvalue weighted by Gasteiger charge is 2.25. The first-order valence-corrected chi connectivity index (χ1v) is 11.9. The van der Waals surface area contributed by atoms with E-state index in [0.29, 0.717) is 0 Å². The number of anilines is 6. The molecule has 0 amide bonds. The van der Waals surface area contributed by atoms with E-state index in [0.717, 1.165) is 34.1 Å². The molecule has 5 aromatic rings. The van der Waals surface area contributed by atoms with Gasteiger partial charge in [0.2, 0.25) is 0 Å². The van der Waals surface area contributed by atoms with Gasteiger partial charge in [-0.2, -0.15) is 0 Å². The Hall–Kier alpha value is -4.50. The van der Waals surface area contributed by atoms with E-state index < -0.39 is 0 Å². The number of aryl methyl sites for hydroxylation is 1. The third kappa shape index (κ3) is 4.62. The Bertz CT molecular complexity index is 1370. The van der Waals surface area contributed by atoms with Gasteiger partial charge in [0.25, 0.3) is 0 Å². The second-order valence-corrected chi connectivity index (χ2v) is 8.46. The van der Waals surface area contributed by atoms with Gasteiger partial charge in [0.15, 0.2) is 0 Å². The molecule has 5 rings (SSSR count). The predicted molar refractivity (Wildman–Crippen MR) is 149 cm³/mol. The van der Waals surface area contributed by atoms with Crippen LogP contribution in [0.15, 0.2) is 140 Å². The summed E-state index contributed by atoms with van der Waals surface area (Å²) in [5.41, 5.74) is 7.81. The van der Waals surface area contributed by atoms with Crippen molar-refractivity contribution < 1.29 is 0 Å². The Morgan fingerprint density at radius 3 is 1.26 bits per heavy atom. The van der Waals surface area contributed by atoms with Crippen LogP contribution in [0.4, 0.5) is 34.1 Å². The molecule has 0 aliphatic heterocycles. The molecule has 3 nitrogen and oxygen atoms in total.